The molecule has 3 heterocycles. The van der Waals surface area contributed by atoms with Gasteiger partial charge in [-0.05, 0) is 18.6 Å². The molecule has 0 aromatic carbocycles. The molecule has 1 saturated heterocycles. The van der Waals surface area contributed by atoms with E-state index >= 15 is 0 Å². The number of aromatic nitrogens is 3. The molecule has 3 rings (SSSR count). The van der Waals surface area contributed by atoms with Crippen LogP contribution in [0.25, 0.3) is 11.5 Å². The number of aliphatic hydroxyl groups excluding tert-OH is 1. The topological polar surface area (TPSA) is 84.1 Å². The van der Waals surface area contributed by atoms with Crippen LogP contribution in [0, 0.1) is 0 Å². The Balaban J connectivity index is 1.84. The number of rotatable bonds is 2. The van der Waals surface area contributed by atoms with Gasteiger partial charge in [0.25, 0.3) is 0 Å². The number of hydrogen-bond acceptors (Lipinski definition) is 6. The minimum absolute atomic E-state index is 0.0602. The lowest BCUT2D eigenvalue weighted by molar-refractivity contribution is 0.191. The lowest BCUT2D eigenvalue weighted by Crippen LogP contribution is -2.15. The Morgan fingerprint density at radius 1 is 1.41 bits per heavy atom. The van der Waals surface area contributed by atoms with Gasteiger partial charge < -0.3 is 14.9 Å². The number of nitrogens with zero attached hydrogens (tertiary/aromatic N) is 3. The van der Waals surface area contributed by atoms with Gasteiger partial charge in [0.15, 0.2) is 0 Å². The molecule has 17 heavy (non-hydrogen) atoms. The van der Waals surface area contributed by atoms with Crippen molar-refractivity contribution in [2.75, 3.05) is 6.54 Å². The fourth-order valence-corrected chi connectivity index (χ4v) is 1.88. The summed E-state index contributed by atoms with van der Waals surface area (Å²) in [7, 11) is 0. The summed E-state index contributed by atoms with van der Waals surface area (Å²) in [5, 5.41) is 16.4. The summed E-state index contributed by atoms with van der Waals surface area (Å²) in [6.45, 7) is 0.561. The fraction of sp³-hybridized carbons (Fsp3) is 0.364. The first kappa shape index (κ1) is 10.4. The number of aliphatic hydroxyl groups is 1. The number of hydrogen-bond donors (Lipinski definition) is 2. The molecule has 2 N–H and O–H groups in total. The van der Waals surface area contributed by atoms with Crippen LogP contribution in [0.2, 0.25) is 0 Å². The van der Waals surface area contributed by atoms with Crippen LogP contribution in [0.3, 0.4) is 0 Å². The molecular formula is C11H12N4O2. The van der Waals surface area contributed by atoms with Crippen molar-refractivity contribution in [2.24, 2.45) is 0 Å². The molecule has 0 amide bonds. The zero-order valence-corrected chi connectivity index (χ0v) is 9.08. The van der Waals surface area contributed by atoms with Crippen molar-refractivity contribution in [2.45, 2.75) is 18.6 Å². The Kier molecular flexibility index (Phi) is 2.58. The van der Waals surface area contributed by atoms with Gasteiger partial charge in [-0.25, -0.2) is 0 Å². The standard InChI is InChI=1S/C11H12N4O2/c16-7-5-9(13-6-7)11-14-10(15-17-11)8-3-1-2-4-12-8/h1-4,7,9,13,16H,5-6H2/t7-,9+/m1/s1. The van der Waals surface area contributed by atoms with E-state index in [0.717, 1.165) is 0 Å². The van der Waals surface area contributed by atoms with E-state index in [0.29, 0.717) is 30.4 Å². The molecule has 0 radical (unpaired) electrons. The van der Waals surface area contributed by atoms with Crippen molar-refractivity contribution in [3.8, 4) is 11.5 Å². The Morgan fingerprint density at radius 3 is 3.06 bits per heavy atom. The van der Waals surface area contributed by atoms with E-state index in [-0.39, 0.29) is 12.1 Å². The molecule has 6 nitrogen and oxygen atoms in total. The van der Waals surface area contributed by atoms with Gasteiger partial charge >= 0.3 is 0 Å². The van der Waals surface area contributed by atoms with Crippen LogP contribution in [0.5, 0.6) is 0 Å². The molecule has 0 aliphatic carbocycles. The van der Waals surface area contributed by atoms with Gasteiger partial charge in [-0.2, -0.15) is 4.98 Å². The van der Waals surface area contributed by atoms with Crippen molar-refractivity contribution in [3.63, 3.8) is 0 Å². The van der Waals surface area contributed by atoms with Gasteiger partial charge in [-0.15, -0.1) is 0 Å². The normalized spacial score (nSPS) is 24.1. The van der Waals surface area contributed by atoms with E-state index in [9.17, 15) is 5.11 Å². The SMILES string of the molecule is O[C@H]1CN[C@H](c2nc(-c3ccccn3)no2)C1. The van der Waals surface area contributed by atoms with E-state index in [4.69, 9.17) is 4.52 Å². The molecule has 2 aromatic rings. The first-order valence-electron chi connectivity index (χ1n) is 5.49. The molecule has 0 unspecified atom stereocenters. The zero-order chi connectivity index (χ0) is 11.7. The van der Waals surface area contributed by atoms with E-state index in [2.05, 4.69) is 20.4 Å². The summed E-state index contributed by atoms with van der Waals surface area (Å²) in [5.74, 6) is 0.978. The zero-order valence-electron chi connectivity index (χ0n) is 9.08. The summed E-state index contributed by atoms with van der Waals surface area (Å²) >= 11 is 0. The highest BCUT2D eigenvalue weighted by Gasteiger charge is 2.28. The highest BCUT2D eigenvalue weighted by molar-refractivity contribution is 5.47. The monoisotopic (exact) mass is 232 g/mol. The van der Waals surface area contributed by atoms with Gasteiger partial charge in [-0.3, -0.25) is 4.98 Å². The predicted octanol–water partition coefficient (Wildman–Crippen LogP) is 0.527. The summed E-state index contributed by atoms with van der Waals surface area (Å²) < 4.78 is 5.18. The van der Waals surface area contributed by atoms with E-state index in [1.807, 2.05) is 18.2 Å². The Bertz CT molecular complexity index is 499. The number of nitrogens with one attached hydrogen (secondary N) is 1. The van der Waals surface area contributed by atoms with Gasteiger partial charge in [0.2, 0.25) is 11.7 Å². The number of β-amino-alcohol motifs (C(OH)–C–C–N with tert-alkyl or cyclic N) is 1. The Labute approximate surface area is 97.7 Å². The first-order chi connectivity index (χ1) is 8.33. The summed E-state index contributed by atoms with van der Waals surface area (Å²) in [4.78, 5) is 8.43. The van der Waals surface area contributed by atoms with Gasteiger partial charge in [-0.1, -0.05) is 11.2 Å². The second-order valence-corrected chi connectivity index (χ2v) is 4.02. The van der Waals surface area contributed by atoms with Crippen molar-refractivity contribution >= 4 is 0 Å². The average Bonchev–Trinajstić information content (AvgIpc) is 2.98. The minimum atomic E-state index is -0.342. The van der Waals surface area contributed by atoms with Crippen molar-refractivity contribution < 1.29 is 9.63 Å². The van der Waals surface area contributed by atoms with E-state index in [1.54, 1.807) is 6.20 Å². The second-order valence-electron chi connectivity index (χ2n) is 4.02. The quantitative estimate of drug-likeness (QED) is 0.785. The fourth-order valence-electron chi connectivity index (χ4n) is 1.88. The Hall–Kier alpha value is -1.79. The molecule has 1 aliphatic rings. The maximum atomic E-state index is 9.42. The molecule has 6 heteroatoms. The highest BCUT2D eigenvalue weighted by atomic mass is 16.5. The maximum absolute atomic E-state index is 9.42. The smallest absolute Gasteiger partial charge is 0.244 e. The maximum Gasteiger partial charge on any atom is 0.244 e. The predicted molar refractivity (Wildman–Crippen MR) is 58.9 cm³/mol. The molecular weight excluding hydrogens is 220 g/mol. The van der Waals surface area contributed by atoms with Crippen LogP contribution in [0.1, 0.15) is 18.4 Å². The molecule has 1 aliphatic heterocycles. The van der Waals surface area contributed by atoms with E-state index < -0.39 is 0 Å². The average molecular weight is 232 g/mol. The van der Waals surface area contributed by atoms with E-state index in [1.165, 1.54) is 0 Å². The van der Waals surface area contributed by atoms with Crippen LogP contribution in [-0.2, 0) is 0 Å². The first-order valence-corrected chi connectivity index (χ1v) is 5.49. The third-order valence-electron chi connectivity index (χ3n) is 2.74. The van der Waals surface area contributed by atoms with Gasteiger partial charge in [0.05, 0.1) is 12.1 Å². The molecule has 0 saturated carbocycles. The second kappa shape index (κ2) is 4.23. The van der Waals surface area contributed by atoms with Crippen LogP contribution >= 0.6 is 0 Å². The lowest BCUT2D eigenvalue weighted by atomic mass is 10.2. The molecule has 1 fully saturated rings. The molecule has 0 bridgehead atoms. The van der Waals surface area contributed by atoms with Crippen molar-refractivity contribution in [3.05, 3.63) is 30.3 Å². The van der Waals surface area contributed by atoms with Gasteiger partial charge in [0.1, 0.15) is 5.69 Å². The third kappa shape index (κ3) is 2.04. The number of pyridine rings is 1. The molecule has 2 atom stereocenters. The molecule has 0 spiro atoms. The van der Waals surface area contributed by atoms with Crippen LogP contribution < -0.4 is 5.32 Å². The molecule has 2 aromatic heterocycles. The summed E-state index contributed by atoms with van der Waals surface area (Å²) in [5.41, 5.74) is 0.682. The van der Waals surface area contributed by atoms with Crippen molar-refractivity contribution in [1.82, 2.24) is 20.4 Å². The van der Waals surface area contributed by atoms with Crippen LogP contribution in [0.4, 0.5) is 0 Å². The largest absolute Gasteiger partial charge is 0.392 e. The Morgan fingerprint density at radius 2 is 2.35 bits per heavy atom. The van der Waals surface area contributed by atoms with Crippen LogP contribution in [0.15, 0.2) is 28.9 Å². The third-order valence-corrected chi connectivity index (χ3v) is 2.74. The highest BCUT2D eigenvalue weighted by Crippen LogP contribution is 2.23. The lowest BCUT2D eigenvalue weighted by Gasteiger charge is -2.01. The summed E-state index contributed by atoms with van der Waals surface area (Å²) in [6, 6.07) is 5.47. The van der Waals surface area contributed by atoms with Crippen molar-refractivity contribution in [1.29, 1.82) is 0 Å². The molecule has 88 valence electrons. The summed E-state index contributed by atoms with van der Waals surface area (Å²) in [6.07, 6.45) is 1.94. The van der Waals surface area contributed by atoms with Gasteiger partial charge in [0, 0.05) is 12.7 Å². The minimum Gasteiger partial charge on any atom is -0.392 e. The van der Waals surface area contributed by atoms with Crippen LogP contribution in [-0.4, -0.2) is 32.9 Å².